The van der Waals surface area contributed by atoms with Crippen molar-refractivity contribution in [1.29, 1.82) is 0 Å². The lowest BCUT2D eigenvalue weighted by molar-refractivity contribution is -0.132. The van der Waals surface area contributed by atoms with Crippen LogP contribution in [0, 0.1) is 12.8 Å². The van der Waals surface area contributed by atoms with E-state index in [1.54, 1.807) is 29.2 Å². The van der Waals surface area contributed by atoms with Crippen molar-refractivity contribution in [3.63, 3.8) is 0 Å². The Morgan fingerprint density at radius 3 is 2.55 bits per heavy atom. The van der Waals surface area contributed by atoms with Gasteiger partial charge in [0.15, 0.2) is 0 Å². The summed E-state index contributed by atoms with van der Waals surface area (Å²) in [6.45, 7) is 5.36. The first-order valence-electron chi connectivity index (χ1n) is 7.61. The van der Waals surface area contributed by atoms with Crippen molar-refractivity contribution in [3.8, 4) is 0 Å². The van der Waals surface area contributed by atoms with Crippen LogP contribution in [0.1, 0.15) is 25.3 Å². The van der Waals surface area contributed by atoms with Crippen molar-refractivity contribution in [3.05, 3.63) is 29.8 Å². The second kappa shape index (κ2) is 6.79. The molecular formula is C16H24N2O3S. The molecule has 0 spiro atoms. The molecule has 1 atom stereocenters. The molecular weight excluding hydrogens is 300 g/mol. The standard InChI is InChI=1S/C16H24N2O3S/c1-13-6-8-15(9-7-13)22(20,21)17(3)12-16(19)18-10-4-5-14(2)11-18/h6-9,14H,4-5,10-12H2,1-3H3/t14-/m0/s1. The van der Waals surface area contributed by atoms with Crippen molar-refractivity contribution in [2.45, 2.75) is 31.6 Å². The van der Waals surface area contributed by atoms with Gasteiger partial charge in [0, 0.05) is 20.1 Å². The van der Waals surface area contributed by atoms with Crippen molar-refractivity contribution in [2.75, 3.05) is 26.7 Å². The number of aryl methyl sites for hydroxylation is 1. The minimum absolute atomic E-state index is 0.108. The van der Waals surface area contributed by atoms with Gasteiger partial charge >= 0.3 is 0 Å². The smallest absolute Gasteiger partial charge is 0.243 e. The average Bonchev–Trinajstić information content (AvgIpc) is 2.47. The minimum Gasteiger partial charge on any atom is -0.341 e. The molecule has 5 nitrogen and oxygen atoms in total. The maximum absolute atomic E-state index is 12.5. The summed E-state index contributed by atoms with van der Waals surface area (Å²) >= 11 is 0. The van der Waals surface area contributed by atoms with Crippen LogP contribution in [0.2, 0.25) is 0 Å². The highest BCUT2D eigenvalue weighted by atomic mass is 32.2. The summed E-state index contributed by atoms with van der Waals surface area (Å²) in [5.74, 6) is 0.362. The van der Waals surface area contributed by atoms with Gasteiger partial charge < -0.3 is 4.90 Å². The molecule has 0 aliphatic carbocycles. The molecule has 1 heterocycles. The van der Waals surface area contributed by atoms with E-state index in [1.165, 1.54) is 7.05 Å². The summed E-state index contributed by atoms with van der Waals surface area (Å²) in [6, 6.07) is 6.67. The Kier molecular flexibility index (Phi) is 5.24. The van der Waals surface area contributed by atoms with Gasteiger partial charge in [0.2, 0.25) is 15.9 Å². The fourth-order valence-electron chi connectivity index (χ4n) is 2.68. The zero-order chi connectivity index (χ0) is 16.3. The first kappa shape index (κ1) is 17.0. The molecule has 1 saturated heterocycles. The Balaban J connectivity index is 2.05. The number of hydrogen-bond donors (Lipinski definition) is 0. The number of carbonyl (C=O) groups is 1. The monoisotopic (exact) mass is 324 g/mol. The van der Waals surface area contributed by atoms with E-state index in [0.29, 0.717) is 5.92 Å². The number of benzene rings is 1. The molecule has 0 saturated carbocycles. The van der Waals surface area contributed by atoms with E-state index in [0.717, 1.165) is 35.8 Å². The number of rotatable bonds is 4. The SMILES string of the molecule is Cc1ccc(S(=O)(=O)N(C)CC(=O)N2CCC[C@H](C)C2)cc1. The number of likely N-dealkylation sites (tertiary alicyclic amines) is 1. The molecule has 6 heteroatoms. The molecule has 122 valence electrons. The summed E-state index contributed by atoms with van der Waals surface area (Å²) in [5, 5.41) is 0. The first-order chi connectivity index (χ1) is 10.3. The summed E-state index contributed by atoms with van der Waals surface area (Å²) in [5.41, 5.74) is 1.000. The highest BCUT2D eigenvalue weighted by Gasteiger charge is 2.27. The predicted molar refractivity (Wildman–Crippen MR) is 86.0 cm³/mol. The quantitative estimate of drug-likeness (QED) is 0.849. The Morgan fingerprint density at radius 2 is 1.95 bits per heavy atom. The lowest BCUT2D eigenvalue weighted by Crippen LogP contribution is -2.45. The molecule has 1 aliphatic heterocycles. The molecule has 0 radical (unpaired) electrons. The largest absolute Gasteiger partial charge is 0.341 e. The molecule has 1 amide bonds. The Bertz CT molecular complexity index is 625. The summed E-state index contributed by atoms with van der Waals surface area (Å²) in [6.07, 6.45) is 2.11. The average molecular weight is 324 g/mol. The minimum atomic E-state index is -3.62. The maximum atomic E-state index is 12.5. The van der Waals surface area contributed by atoms with Crippen LogP contribution in [0.4, 0.5) is 0 Å². The van der Waals surface area contributed by atoms with Gasteiger partial charge in [-0.1, -0.05) is 24.6 Å². The second-order valence-corrected chi connectivity index (χ2v) is 8.21. The molecule has 0 bridgehead atoms. The molecule has 1 aromatic carbocycles. The van der Waals surface area contributed by atoms with Crippen LogP contribution >= 0.6 is 0 Å². The maximum Gasteiger partial charge on any atom is 0.243 e. The van der Waals surface area contributed by atoms with E-state index in [9.17, 15) is 13.2 Å². The van der Waals surface area contributed by atoms with Crippen molar-refractivity contribution in [1.82, 2.24) is 9.21 Å². The summed E-state index contributed by atoms with van der Waals surface area (Å²) in [4.78, 5) is 14.3. The fourth-order valence-corrected chi connectivity index (χ4v) is 3.80. The van der Waals surface area contributed by atoms with Crippen LogP contribution in [-0.2, 0) is 14.8 Å². The zero-order valence-electron chi connectivity index (χ0n) is 13.4. The lowest BCUT2D eigenvalue weighted by Gasteiger charge is -2.32. The van der Waals surface area contributed by atoms with Gasteiger partial charge in [-0.05, 0) is 37.8 Å². The Morgan fingerprint density at radius 1 is 1.32 bits per heavy atom. The van der Waals surface area contributed by atoms with E-state index in [2.05, 4.69) is 6.92 Å². The third-order valence-electron chi connectivity index (χ3n) is 4.10. The van der Waals surface area contributed by atoms with E-state index in [4.69, 9.17) is 0 Å². The second-order valence-electron chi connectivity index (χ2n) is 6.16. The molecule has 2 rings (SSSR count). The third-order valence-corrected chi connectivity index (χ3v) is 5.91. The van der Waals surface area contributed by atoms with Gasteiger partial charge in [-0.25, -0.2) is 8.42 Å². The molecule has 1 fully saturated rings. The number of likely N-dealkylation sites (N-methyl/N-ethyl adjacent to an activating group) is 1. The van der Waals surface area contributed by atoms with Gasteiger partial charge in [-0.15, -0.1) is 0 Å². The van der Waals surface area contributed by atoms with E-state index in [1.807, 2.05) is 6.92 Å². The highest BCUT2D eigenvalue weighted by molar-refractivity contribution is 7.89. The Labute approximate surface area is 133 Å². The molecule has 22 heavy (non-hydrogen) atoms. The predicted octanol–water partition coefficient (Wildman–Crippen LogP) is 1.87. The number of carbonyl (C=O) groups excluding carboxylic acids is 1. The van der Waals surface area contributed by atoms with Crippen molar-refractivity contribution in [2.24, 2.45) is 5.92 Å². The number of hydrogen-bond acceptors (Lipinski definition) is 3. The number of amides is 1. The molecule has 0 unspecified atom stereocenters. The van der Waals surface area contributed by atoms with Crippen molar-refractivity contribution >= 4 is 15.9 Å². The third kappa shape index (κ3) is 3.87. The number of nitrogens with zero attached hydrogens (tertiary/aromatic N) is 2. The summed E-state index contributed by atoms with van der Waals surface area (Å²) in [7, 11) is -2.16. The lowest BCUT2D eigenvalue weighted by atomic mass is 10.0. The number of sulfonamides is 1. The highest BCUT2D eigenvalue weighted by Crippen LogP contribution is 2.18. The normalized spacial score (nSPS) is 19.5. The van der Waals surface area contributed by atoms with Crippen LogP contribution in [0.5, 0.6) is 0 Å². The number of piperidine rings is 1. The molecule has 1 aromatic rings. The Hall–Kier alpha value is -1.40. The molecule has 1 aliphatic rings. The van der Waals surface area contributed by atoms with E-state index >= 15 is 0 Å². The van der Waals surface area contributed by atoms with Gasteiger partial charge in [-0.3, -0.25) is 4.79 Å². The van der Waals surface area contributed by atoms with Crippen molar-refractivity contribution < 1.29 is 13.2 Å². The molecule has 0 aromatic heterocycles. The van der Waals surface area contributed by atoms with Crippen LogP contribution in [0.25, 0.3) is 0 Å². The first-order valence-corrected chi connectivity index (χ1v) is 9.05. The van der Waals surface area contributed by atoms with E-state index in [-0.39, 0.29) is 17.3 Å². The van der Waals surface area contributed by atoms with Gasteiger partial charge in [0.1, 0.15) is 0 Å². The van der Waals surface area contributed by atoms with Gasteiger partial charge in [-0.2, -0.15) is 4.31 Å². The fraction of sp³-hybridized carbons (Fsp3) is 0.562. The summed E-state index contributed by atoms with van der Waals surface area (Å²) < 4.78 is 26.1. The van der Waals surface area contributed by atoms with Crippen LogP contribution < -0.4 is 0 Å². The van der Waals surface area contributed by atoms with E-state index < -0.39 is 10.0 Å². The van der Waals surface area contributed by atoms with Crippen LogP contribution in [0.15, 0.2) is 29.2 Å². The van der Waals surface area contributed by atoms with Crippen LogP contribution in [-0.4, -0.2) is 50.2 Å². The topological polar surface area (TPSA) is 57.7 Å². The zero-order valence-corrected chi connectivity index (χ0v) is 14.3. The van der Waals surface area contributed by atoms with Gasteiger partial charge in [0.25, 0.3) is 0 Å². The molecule has 0 N–H and O–H groups in total. The van der Waals surface area contributed by atoms with Gasteiger partial charge in [0.05, 0.1) is 11.4 Å². The van der Waals surface area contributed by atoms with Crippen LogP contribution in [0.3, 0.4) is 0 Å².